The number of carbonyl (C=O) groups is 1. The second-order valence-electron chi connectivity index (χ2n) is 6.80. The highest BCUT2D eigenvalue weighted by atomic mass is 32.1. The van der Waals surface area contributed by atoms with Crippen molar-refractivity contribution in [2.24, 2.45) is 5.92 Å². The quantitative estimate of drug-likeness (QED) is 0.919. The van der Waals surface area contributed by atoms with Crippen molar-refractivity contribution in [3.8, 4) is 6.07 Å². The van der Waals surface area contributed by atoms with Gasteiger partial charge in [-0.2, -0.15) is 5.26 Å². The van der Waals surface area contributed by atoms with E-state index in [-0.39, 0.29) is 5.91 Å². The minimum atomic E-state index is -0.00213. The van der Waals surface area contributed by atoms with Crippen LogP contribution in [0.3, 0.4) is 0 Å². The zero-order valence-corrected chi connectivity index (χ0v) is 14.7. The summed E-state index contributed by atoms with van der Waals surface area (Å²) in [5.41, 5.74) is 1.87. The first-order valence-electron chi connectivity index (χ1n) is 8.32. The molecule has 1 aromatic heterocycles. The molecule has 1 aromatic rings. The van der Waals surface area contributed by atoms with Gasteiger partial charge in [-0.3, -0.25) is 9.69 Å². The highest BCUT2D eigenvalue weighted by Crippen LogP contribution is 2.39. The van der Waals surface area contributed by atoms with Crippen LogP contribution < -0.4 is 5.32 Å². The molecule has 3 rings (SSSR count). The van der Waals surface area contributed by atoms with Crippen molar-refractivity contribution in [2.45, 2.75) is 26.2 Å². The summed E-state index contributed by atoms with van der Waals surface area (Å²) < 4.78 is 0. The zero-order chi connectivity index (χ0) is 16.4. The Hall–Kier alpha value is -1.42. The summed E-state index contributed by atoms with van der Waals surface area (Å²) >= 11 is 1.60. The largest absolute Gasteiger partial charge is 0.315 e. The predicted molar refractivity (Wildman–Crippen MR) is 92.8 cm³/mol. The van der Waals surface area contributed by atoms with Gasteiger partial charge in [0, 0.05) is 31.1 Å². The molecule has 0 saturated carbocycles. The molecule has 1 fully saturated rings. The van der Waals surface area contributed by atoms with Crippen molar-refractivity contribution in [1.29, 1.82) is 5.26 Å². The first-order valence-corrected chi connectivity index (χ1v) is 9.14. The van der Waals surface area contributed by atoms with E-state index in [4.69, 9.17) is 0 Å². The van der Waals surface area contributed by atoms with Crippen LogP contribution in [0.2, 0.25) is 0 Å². The Kier molecular flexibility index (Phi) is 5.00. The Morgan fingerprint density at radius 3 is 2.83 bits per heavy atom. The third kappa shape index (κ3) is 3.74. The number of piperazine rings is 1. The molecule has 0 radical (unpaired) electrons. The molecular weight excluding hydrogens is 308 g/mol. The Morgan fingerprint density at radius 1 is 1.39 bits per heavy atom. The summed E-state index contributed by atoms with van der Waals surface area (Å²) in [5.74, 6) is 0.666. The Balaban J connectivity index is 1.66. The number of anilines is 1. The lowest BCUT2D eigenvalue weighted by atomic mass is 9.89. The van der Waals surface area contributed by atoms with Crippen molar-refractivity contribution in [3.63, 3.8) is 0 Å². The van der Waals surface area contributed by atoms with Crippen LogP contribution in [0.4, 0.5) is 5.00 Å². The van der Waals surface area contributed by atoms with Gasteiger partial charge >= 0.3 is 0 Å². The van der Waals surface area contributed by atoms with Crippen LogP contribution >= 0.6 is 11.3 Å². The molecule has 6 heteroatoms. The molecule has 1 aliphatic heterocycles. The van der Waals surface area contributed by atoms with E-state index in [0.29, 0.717) is 18.0 Å². The average molecular weight is 332 g/mol. The maximum Gasteiger partial charge on any atom is 0.239 e. The van der Waals surface area contributed by atoms with E-state index >= 15 is 0 Å². The van der Waals surface area contributed by atoms with Crippen molar-refractivity contribution in [2.75, 3.05) is 45.1 Å². The SMILES string of the molecule is C[C@H]1CCc2c(sc(NC(=O)CN3CCN(C)CC3)c2C#N)C1. The third-order valence-electron chi connectivity index (χ3n) is 4.84. The molecule has 0 unspecified atom stereocenters. The maximum atomic E-state index is 12.3. The molecule has 1 saturated heterocycles. The standard InChI is InChI=1S/C17H24N4OS/c1-12-3-4-13-14(10-18)17(23-15(13)9-12)19-16(22)11-21-7-5-20(2)6-8-21/h12H,3-9,11H2,1-2H3,(H,19,22)/t12-/m0/s1. The Bertz CT molecular complexity index is 625. The van der Waals surface area contributed by atoms with Gasteiger partial charge in [0.05, 0.1) is 12.1 Å². The molecule has 124 valence electrons. The molecule has 0 spiro atoms. The first-order chi connectivity index (χ1) is 11.1. The lowest BCUT2D eigenvalue weighted by molar-refractivity contribution is -0.117. The van der Waals surface area contributed by atoms with E-state index in [2.05, 4.69) is 35.2 Å². The summed E-state index contributed by atoms with van der Waals surface area (Å²) in [6.45, 7) is 6.52. The number of rotatable bonds is 3. The molecule has 0 bridgehead atoms. The number of hydrogen-bond donors (Lipinski definition) is 1. The number of hydrogen-bond acceptors (Lipinski definition) is 5. The van der Waals surface area contributed by atoms with Crippen molar-refractivity contribution < 1.29 is 4.79 Å². The van der Waals surface area contributed by atoms with Gasteiger partial charge in [0.15, 0.2) is 0 Å². The number of thiophene rings is 1. The van der Waals surface area contributed by atoms with Gasteiger partial charge in [-0.1, -0.05) is 6.92 Å². The molecule has 1 aliphatic carbocycles. The summed E-state index contributed by atoms with van der Waals surface area (Å²) in [6, 6.07) is 2.31. The highest BCUT2D eigenvalue weighted by Gasteiger charge is 2.25. The van der Waals surface area contributed by atoms with Crippen LogP contribution in [0.15, 0.2) is 0 Å². The van der Waals surface area contributed by atoms with E-state index in [0.717, 1.165) is 50.4 Å². The van der Waals surface area contributed by atoms with E-state index in [1.807, 2.05) is 0 Å². The van der Waals surface area contributed by atoms with Gasteiger partial charge in [-0.05, 0) is 37.8 Å². The molecular formula is C17H24N4OS. The van der Waals surface area contributed by atoms with E-state index in [1.165, 1.54) is 10.4 Å². The van der Waals surface area contributed by atoms with Gasteiger partial charge in [0.1, 0.15) is 11.1 Å². The molecule has 23 heavy (non-hydrogen) atoms. The average Bonchev–Trinajstić information content (AvgIpc) is 2.85. The smallest absolute Gasteiger partial charge is 0.239 e. The predicted octanol–water partition coefficient (Wildman–Crippen LogP) is 1.93. The minimum Gasteiger partial charge on any atom is -0.315 e. The first kappa shape index (κ1) is 16.4. The number of fused-ring (bicyclic) bond motifs is 1. The van der Waals surface area contributed by atoms with Gasteiger partial charge in [0.2, 0.25) is 5.91 Å². The van der Waals surface area contributed by atoms with Crippen molar-refractivity contribution in [3.05, 3.63) is 16.0 Å². The second-order valence-corrected chi connectivity index (χ2v) is 7.90. The molecule has 1 atom stereocenters. The summed E-state index contributed by atoms with van der Waals surface area (Å²) in [4.78, 5) is 18.1. The minimum absolute atomic E-state index is 0.00213. The number of likely N-dealkylation sites (N-methyl/N-ethyl adjacent to an activating group) is 1. The molecule has 2 aliphatic rings. The topological polar surface area (TPSA) is 59.4 Å². The number of amides is 1. The highest BCUT2D eigenvalue weighted by molar-refractivity contribution is 7.16. The van der Waals surface area contributed by atoms with Crippen molar-refractivity contribution in [1.82, 2.24) is 9.80 Å². The van der Waals surface area contributed by atoms with Crippen LogP contribution in [0.25, 0.3) is 0 Å². The number of nitrogens with one attached hydrogen (secondary N) is 1. The van der Waals surface area contributed by atoms with Crippen LogP contribution in [0.1, 0.15) is 29.3 Å². The van der Waals surface area contributed by atoms with Crippen LogP contribution in [-0.2, 0) is 17.6 Å². The number of nitriles is 1. The van der Waals surface area contributed by atoms with Crippen LogP contribution in [0, 0.1) is 17.2 Å². The fraction of sp³-hybridized carbons (Fsp3) is 0.647. The molecule has 0 aromatic carbocycles. The summed E-state index contributed by atoms with van der Waals surface area (Å²) in [6.07, 6.45) is 3.13. The summed E-state index contributed by atoms with van der Waals surface area (Å²) in [5, 5.41) is 13.2. The van der Waals surface area contributed by atoms with Crippen LogP contribution in [-0.4, -0.2) is 55.5 Å². The fourth-order valence-electron chi connectivity index (χ4n) is 3.33. The normalized spacial score (nSPS) is 22.4. The molecule has 2 heterocycles. The molecule has 5 nitrogen and oxygen atoms in total. The van der Waals surface area contributed by atoms with Gasteiger partial charge in [-0.15, -0.1) is 11.3 Å². The monoisotopic (exact) mass is 332 g/mol. The van der Waals surface area contributed by atoms with E-state index in [9.17, 15) is 10.1 Å². The summed E-state index contributed by atoms with van der Waals surface area (Å²) in [7, 11) is 2.10. The number of nitrogens with zero attached hydrogens (tertiary/aromatic N) is 3. The van der Waals surface area contributed by atoms with Gasteiger partial charge in [0.25, 0.3) is 0 Å². The van der Waals surface area contributed by atoms with Crippen LogP contribution in [0.5, 0.6) is 0 Å². The second kappa shape index (κ2) is 7.00. The van der Waals surface area contributed by atoms with Gasteiger partial charge in [-0.25, -0.2) is 0 Å². The zero-order valence-electron chi connectivity index (χ0n) is 13.9. The third-order valence-corrected chi connectivity index (χ3v) is 6.01. The lowest BCUT2D eigenvalue weighted by Crippen LogP contribution is -2.47. The Morgan fingerprint density at radius 2 is 2.13 bits per heavy atom. The lowest BCUT2D eigenvalue weighted by Gasteiger charge is -2.31. The fourth-order valence-corrected chi connectivity index (χ4v) is 4.71. The van der Waals surface area contributed by atoms with Crippen molar-refractivity contribution >= 4 is 22.2 Å². The Labute approximate surface area is 141 Å². The van der Waals surface area contributed by atoms with E-state index < -0.39 is 0 Å². The molecule has 1 N–H and O–H groups in total. The van der Waals surface area contributed by atoms with Gasteiger partial charge < -0.3 is 10.2 Å². The maximum absolute atomic E-state index is 12.3. The molecule has 1 amide bonds. The van der Waals surface area contributed by atoms with E-state index in [1.54, 1.807) is 11.3 Å². The number of carbonyl (C=O) groups excluding carboxylic acids is 1.